The van der Waals surface area contributed by atoms with Crippen LogP contribution in [0.4, 0.5) is 8.78 Å². The van der Waals surface area contributed by atoms with Crippen LogP contribution < -0.4 is 4.74 Å². The van der Waals surface area contributed by atoms with Gasteiger partial charge in [-0.05, 0) is 24.3 Å². The summed E-state index contributed by atoms with van der Waals surface area (Å²) >= 11 is 0. The molecule has 0 bridgehead atoms. The average Bonchev–Trinajstić information content (AvgIpc) is 2.98. The van der Waals surface area contributed by atoms with Gasteiger partial charge in [0.1, 0.15) is 23.1 Å². The van der Waals surface area contributed by atoms with E-state index in [1.165, 1.54) is 7.11 Å². The summed E-state index contributed by atoms with van der Waals surface area (Å²) in [5, 5.41) is 13.6. The molecule has 0 aliphatic rings. The van der Waals surface area contributed by atoms with Gasteiger partial charge in [0.2, 0.25) is 0 Å². The predicted molar refractivity (Wildman–Crippen MR) is 79.8 cm³/mol. The van der Waals surface area contributed by atoms with E-state index in [2.05, 4.69) is 5.16 Å². The van der Waals surface area contributed by atoms with Gasteiger partial charge in [-0.2, -0.15) is 0 Å². The first-order valence-electron chi connectivity index (χ1n) is 6.82. The number of halogens is 2. The van der Waals surface area contributed by atoms with Crippen molar-refractivity contribution in [1.82, 2.24) is 5.16 Å². The standard InChI is InChI=1S/C17H13F2NO3/c1-22-14-4-2-3-10(7-14)16-15(9-21)17(23-20-16)11-5-12(18)8-13(19)6-11/h2-8,21H,9H2,1H3. The quantitative estimate of drug-likeness (QED) is 0.795. The number of rotatable bonds is 4. The summed E-state index contributed by atoms with van der Waals surface area (Å²) in [5.41, 5.74) is 1.59. The molecule has 0 amide bonds. The van der Waals surface area contributed by atoms with Crippen molar-refractivity contribution >= 4 is 0 Å². The molecule has 0 saturated heterocycles. The van der Waals surface area contributed by atoms with Gasteiger partial charge in [-0.3, -0.25) is 0 Å². The van der Waals surface area contributed by atoms with E-state index < -0.39 is 11.6 Å². The monoisotopic (exact) mass is 317 g/mol. The summed E-state index contributed by atoms with van der Waals surface area (Å²) in [4.78, 5) is 0. The molecule has 3 rings (SSSR count). The molecule has 0 atom stereocenters. The minimum Gasteiger partial charge on any atom is -0.497 e. The van der Waals surface area contributed by atoms with Crippen LogP contribution in [0.5, 0.6) is 5.75 Å². The molecule has 1 heterocycles. The van der Waals surface area contributed by atoms with Gasteiger partial charge >= 0.3 is 0 Å². The molecule has 6 heteroatoms. The van der Waals surface area contributed by atoms with Crippen LogP contribution in [0.2, 0.25) is 0 Å². The molecule has 0 fully saturated rings. The molecule has 4 nitrogen and oxygen atoms in total. The topological polar surface area (TPSA) is 55.5 Å². The lowest BCUT2D eigenvalue weighted by Crippen LogP contribution is -1.91. The highest BCUT2D eigenvalue weighted by atomic mass is 19.1. The number of aliphatic hydroxyl groups excluding tert-OH is 1. The Balaban J connectivity index is 2.12. The van der Waals surface area contributed by atoms with Crippen LogP contribution in [0, 0.1) is 11.6 Å². The first kappa shape index (κ1) is 15.2. The molecule has 0 radical (unpaired) electrons. The molecule has 0 unspecified atom stereocenters. The van der Waals surface area contributed by atoms with Crippen LogP contribution in [0.1, 0.15) is 5.56 Å². The SMILES string of the molecule is COc1cccc(-c2noc(-c3cc(F)cc(F)c3)c2CO)c1. The molecule has 118 valence electrons. The van der Waals surface area contributed by atoms with Gasteiger partial charge in [-0.15, -0.1) is 0 Å². The Bertz CT molecular complexity index is 825. The number of aliphatic hydroxyl groups is 1. The summed E-state index contributed by atoms with van der Waals surface area (Å²) in [6.07, 6.45) is 0. The van der Waals surface area contributed by atoms with Crippen LogP contribution in [0.15, 0.2) is 47.0 Å². The Labute approximate surface area is 130 Å². The Kier molecular flexibility index (Phi) is 4.08. The van der Waals surface area contributed by atoms with Gasteiger partial charge in [0.05, 0.1) is 19.3 Å². The summed E-state index contributed by atoms with van der Waals surface area (Å²) in [5.74, 6) is -0.720. The number of methoxy groups -OCH3 is 1. The summed E-state index contributed by atoms with van der Waals surface area (Å²) in [6, 6.07) is 10.1. The molecule has 2 aromatic carbocycles. The van der Waals surface area contributed by atoms with Crippen molar-refractivity contribution in [3.05, 3.63) is 59.7 Å². The smallest absolute Gasteiger partial charge is 0.173 e. The molecule has 0 aliphatic heterocycles. The van der Waals surface area contributed by atoms with E-state index in [0.717, 1.165) is 18.2 Å². The third-order valence-corrected chi connectivity index (χ3v) is 3.41. The van der Waals surface area contributed by atoms with E-state index in [4.69, 9.17) is 9.26 Å². The van der Waals surface area contributed by atoms with E-state index in [-0.39, 0.29) is 17.9 Å². The van der Waals surface area contributed by atoms with Crippen LogP contribution in [0.25, 0.3) is 22.6 Å². The van der Waals surface area contributed by atoms with Crippen LogP contribution in [-0.2, 0) is 6.61 Å². The normalized spacial score (nSPS) is 10.8. The second-order valence-electron chi connectivity index (χ2n) is 4.89. The average molecular weight is 317 g/mol. The van der Waals surface area contributed by atoms with E-state index in [9.17, 15) is 13.9 Å². The molecule has 3 aromatic rings. The summed E-state index contributed by atoms with van der Waals surface area (Å²) in [6.45, 7) is -0.385. The maximum Gasteiger partial charge on any atom is 0.173 e. The molecular formula is C17H13F2NO3. The fraction of sp³-hybridized carbons (Fsp3) is 0.118. The first-order chi connectivity index (χ1) is 11.1. The van der Waals surface area contributed by atoms with Crippen molar-refractivity contribution < 1.29 is 23.1 Å². The Hall–Kier alpha value is -2.73. The lowest BCUT2D eigenvalue weighted by Gasteiger charge is -2.04. The van der Waals surface area contributed by atoms with E-state index in [1.54, 1.807) is 24.3 Å². The number of hydrogen-bond acceptors (Lipinski definition) is 4. The van der Waals surface area contributed by atoms with Crippen LogP contribution in [0.3, 0.4) is 0 Å². The number of benzene rings is 2. The number of ether oxygens (including phenoxy) is 1. The lowest BCUT2D eigenvalue weighted by molar-refractivity contribution is 0.281. The highest BCUT2D eigenvalue weighted by molar-refractivity contribution is 5.73. The maximum atomic E-state index is 13.4. The Morgan fingerprint density at radius 2 is 1.83 bits per heavy atom. The van der Waals surface area contributed by atoms with Gasteiger partial charge in [-0.25, -0.2) is 8.78 Å². The zero-order valence-electron chi connectivity index (χ0n) is 12.2. The minimum absolute atomic E-state index is 0.128. The second-order valence-corrected chi connectivity index (χ2v) is 4.89. The minimum atomic E-state index is -0.733. The van der Waals surface area contributed by atoms with Crippen molar-refractivity contribution in [3.8, 4) is 28.3 Å². The Morgan fingerprint density at radius 3 is 2.48 bits per heavy atom. The molecule has 0 saturated carbocycles. The van der Waals surface area contributed by atoms with Crippen molar-refractivity contribution in [2.75, 3.05) is 7.11 Å². The van der Waals surface area contributed by atoms with E-state index >= 15 is 0 Å². The van der Waals surface area contributed by atoms with Crippen molar-refractivity contribution in [3.63, 3.8) is 0 Å². The fourth-order valence-corrected chi connectivity index (χ4v) is 2.36. The van der Waals surface area contributed by atoms with E-state index in [0.29, 0.717) is 22.6 Å². The third-order valence-electron chi connectivity index (χ3n) is 3.41. The zero-order valence-corrected chi connectivity index (χ0v) is 12.2. The van der Waals surface area contributed by atoms with Gasteiger partial charge in [-0.1, -0.05) is 17.3 Å². The fourth-order valence-electron chi connectivity index (χ4n) is 2.36. The Morgan fingerprint density at radius 1 is 1.09 bits per heavy atom. The first-order valence-corrected chi connectivity index (χ1v) is 6.82. The molecule has 0 aliphatic carbocycles. The van der Waals surface area contributed by atoms with Crippen molar-refractivity contribution in [1.29, 1.82) is 0 Å². The predicted octanol–water partition coefficient (Wildman–Crippen LogP) is 3.79. The van der Waals surface area contributed by atoms with Crippen LogP contribution in [-0.4, -0.2) is 17.4 Å². The largest absolute Gasteiger partial charge is 0.497 e. The maximum absolute atomic E-state index is 13.4. The molecular weight excluding hydrogens is 304 g/mol. The van der Waals surface area contributed by atoms with Gasteiger partial charge < -0.3 is 14.4 Å². The van der Waals surface area contributed by atoms with Gasteiger partial charge in [0.25, 0.3) is 0 Å². The molecule has 1 aromatic heterocycles. The highest BCUT2D eigenvalue weighted by Gasteiger charge is 2.19. The van der Waals surface area contributed by atoms with Gasteiger partial charge in [0, 0.05) is 17.2 Å². The highest BCUT2D eigenvalue weighted by Crippen LogP contribution is 2.34. The van der Waals surface area contributed by atoms with E-state index in [1.807, 2.05) is 0 Å². The van der Waals surface area contributed by atoms with Gasteiger partial charge in [0.15, 0.2) is 5.76 Å². The molecule has 1 N–H and O–H groups in total. The second kappa shape index (κ2) is 6.18. The molecule has 0 spiro atoms. The summed E-state index contributed by atoms with van der Waals surface area (Å²) in [7, 11) is 1.54. The third kappa shape index (κ3) is 2.93. The van der Waals surface area contributed by atoms with Crippen molar-refractivity contribution in [2.24, 2.45) is 0 Å². The summed E-state index contributed by atoms with van der Waals surface area (Å²) < 4.78 is 37.2. The lowest BCUT2D eigenvalue weighted by atomic mass is 10.0. The molecule has 23 heavy (non-hydrogen) atoms. The van der Waals surface area contributed by atoms with Crippen LogP contribution >= 0.6 is 0 Å². The van der Waals surface area contributed by atoms with Crippen molar-refractivity contribution in [2.45, 2.75) is 6.61 Å². The zero-order chi connectivity index (χ0) is 16.4. The number of nitrogens with zero attached hydrogens (tertiary/aromatic N) is 1. The number of aromatic nitrogens is 1. The number of hydrogen-bond donors (Lipinski definition) is 1.